The van der Waals surface area contributed by atoms with Gasteiger partial charge in [0.25, 0.3) is 0 Å². The Bertz CT molecular complexity index is 373. The molecular formula is C10H11F3N2. The van der Waals surface area contributed by atoms with Crippen molar-refractivity contribution < 1.29 is 13.2 Å². The molecule has 0 spiro atoms. The molecule has 0 amide bonds. The predicted molar refractivity (Wildman–Crippen MR) is 53.0 cm³/mol. The van der Waals surface area contributed by atoms with E-state index in [1.807, 2.05) is 6.92 Å². The fraction of sp³-hybridized carbons (Fsp3) is 0.400. The lowest BCUT2D eigenvalue weighted by atomic mass is 10.1. The first-order valence-electron chi connectivity index (χ1n) is 4.69. The van der Waals surface area contributed by atoms with Crippen molar-refractivity contribution in [1.82, 2.24) is 0 Å². The number of hydrogen-bond acceptors (Lipinski definition) is 2. The van der Waals surface area contributed by atoms with E-state index in [1.165, 1.54) is 6.07 Å². The molecule has 82 valence electrons. The lowest BCUT2D eigenvalue weighted by Crippen LogP contribution is -2.31. The van der Waals surface area contributed by atoms with Crippen LogP contribution in [0.3, 0.4) is 0 Å². The highest BCUT2D eigenvalue weighted by molar-refractivity contribution is 5.75. The van der Waals surface area contributed by atoms with E-state index in [1.54, 1.807) is 6.07 Å². The minimum absolute atomic E-state index is 0.000926. The number of alkyl halides is 3. The lowest BCUT2D eigenvalue weighted by Gasteiger charge is -2.28. The third-order valence-electron chi connectivity index (χ3n) is 2.36. The van der Waals surface area contributed by atoms with Gasteiger partial charge in [0.05, 0.1) is 16.9 Å². The van der Waals surface area contributed by atoms with Crippen LogP contribution in [0.25, 0.3) is 0 Å². The Balaban J connectivity index is 2.49. The second kappa shape index (κ2) is 3.32. The van der Waals surface area contributed by atoms with E-state index in [-0.39, 0.29) is 11.7 Å². The molecule has 0 bridgehead atoms. The Kier molecular flexibility index (Phi) is 2.25. The molecule has 0 saturated heterocycles. The van der Waals surface area contributed by atoms with E-state index in [2.05, 4.69) is 10.6 Å². The summed E-state index contributed by atoms with van der Waals surface area (Å²) in [6, 6.07) is 4.14. The van der Waals surface area contributed by atoms with Crippen LogP contribution < -0.4 is 10.6 Å². The van der Waals surface area contributed by atoms with Crippen LogP contribution in [-0.2, 0) is 6.18 Å². The molecule has 0 fully saturated rings. The number of para-hydroxylation sites is 1. The zero-order valence-electron chi connectivity index (χ0n) is 8.15. The number of nitrogens with one attached hydrogen (secondary N) is 2. The zero-order valence-corrected chi connectivity index (χ0v) is 8.15. The standard InChI is InChI=1S/C10H11F3N2/c1-6-5-14-8-4-2-3-7(9(8)15-6)10(11,12)13/h2-4,6,14-15H,5H2,1H3. The third-order valence-corrected chi connectivity index (χ3v) is 2.36. The molecule has 1 aromatic rings. The molecule has 0 saturated carbocycles. The van der Waals surface area contributed by atoms with Crippen molar-refractivity contribution in [3.8, 4) is 0 Å². The Morgan fingerprint density at radius 1 is 1.33 bits per heavy atom. The van der Waals surface area contributed by atoms with Gasteiger partial charge in [0, 0.05) is 12.6 Å². The van der Waals surface area contributed by atoms with Crippen LogP contribution in [0.5, 0.6) is 0 Å². The molecule has 2 N–H and O–H groups in total. The normalized spacial score (nSPS) is 20.1. The first-order chi connectivity index (χ1) is 6.98. The second-order valence-electron chi connectivity index (χ2n) is 3.65. The molecule has 0 aromatic heterocycles. The molecule has 2 nitrogen and oxygen atoms in total. The van der Waals surface area contributed by atoms with Crippen LogP contribution in [0.4, 0.5) is 24.5 Å². The minimum atomic E-state index is -4.31. The number of hydrogen-bond donors (Lipinski definition) is 2. The molecular weight excluding hydrogens is 205 g/mol. The molecule has 1 aliphatic heterocycles. The Hall–Kier alpha value is -1.39. The number of rotatable bonds is 0. The predicted octanol–water partition coefficient (Wildman–Crippen LogP) is 2.93. The van der Waals surface area contributed by atoms with Crippen molar-refractivity contribution in [2.24, 2.45) is 0 Å². The minimum Gasteiger partial charge on any atom is -0.381 e. The van der Waals surface area contributed by atoms with E-state index in [0.29, 0.717) is 12.2 Å². The molecule has 1 unspecified atom stereocenters. The van der Waals surface area contributed by atoms with Gasteiger partial charge in [-0.3, -0.25) is 0 Å². The van der Waals surface area contributed by atoms with Crippen LogP contribution in [0, 0.1) is 0 Å². The highest BCUT2D eigenvalue weighted by Crippen LogP contribution is 2.40. The lowest BCUT2D eigenvalue weighted by molar-refractivity contribution is -0.136. The highest BCUT2D eigenvalue weighted by atomic mass is 19.4. The van der Waals surface area contributed by atoms with Crippen molar-refractivity contribution in [2.45, 2.75) is 19.1 Å². The SMILES string of the molecule is CC1CNc2cccc(C(F)(F)F)c2N1. The van der Waals surface area contributed by atoms with Gasteiger partial charge >= 0.3 is 6.18 Å². The van der Waals surface area contributed by atoms with E-state index in [4.69, 9.17) is 0 Å². The molecule has 1 heterocycles. The van der Waals surface area contributed by atoms with E-state index < -0.39 is 11.7 Å². The Labute approximate surface area is 85.5 Å². The van der Waals surface area contributed by atoms with Crippen LogP contribution in [0.15, 0.2) is 18.2 Å². The van der Waals surface area contributed by atoms with Gasteiger partial charge in [-0.15, -0.1) is 0 Å². The maximum atomic E-state index is 12.6. The van der Waals surface area contributed by atoms with Crippen molar-refractivity contribution >= 4 is 11.4 Å². The van der Waals surface area contributed by atoms with Crippen LogP contribution in [0.2, 0.25) is 0 Å². The van der Waals surface area contributed by atoms with Gasteiger partial charge in [-0.1, -0.05) is 6.07 Å². The zero-order chi connectivity index (χ0) is 11.1. The second-order valence-corrected chi connectivity index (χ2v) is 3.65. The van der Waals surface area contributed by atoms with Gasteiger partial charge in [0.15, 0.2) is 0 Å². The Morgan fingerprint density at radius 2 is 2.07 bits per heavy atom. The summed E-state index contributed by atoms with van der Waals surface area (Å²) in [7, 11) is 0. The van der Waals surface area contributed by atoms with E-state index >= 15 is 0 Å². The smallest absolute Gasteiger partial charge is 0.381 e. The van der Waals surface area contributed by atoms with E-state index in [9.17, 15) is 13.2 Å². The van der Waals surface area contributed by atoms with E-state index in [0.717, 1.165) is 6.07 Å². The Morgan fingerprint density at radius 3 is 2.73 bits per heavy atom. The molecule has 0 radical (unpaired) electrons. The highest BCUT2D eigenvalue weighted by Gasteiger charge is 2.35. The largest absolute Gasteiger partial charge is 0.418 e. The van der Waals surface area contributed by atoms with Crippen LogP contribution >= 0.6 is 0 Å². The van der Waals surface area contributed by atoms with Crippen molar-refractivity contribution in [2.75, 3.05) is 17.2 Å². The molecule has 1 atom stereocenters. The van der Waals surface area contributed by atoms with Gasteiger partial charge < -0.3 is 10.6 Å². The van der Waals surface area contributed by atoms with Gasteiger partial charge in [-0.2, -0.15) is 13.2 Å². The molecule has 0 aliphatic carbocycles. The summed E-state index contributed by atoms with van der Waals surface area (Å²) in [5.41, 5.74) is 0.0609. The van der Waals surface area contributed by atoms with Crippen LogP contribution in [-0.4, -0.2) is 12.6 Å². The summed E-state index contributed by atoms with van der Waals surface area (Å²) < 4.78 is 37.9. The summed E-state index contributed by atoms with van der Waals surface area (Å²) in [5.74, 6) is 0. The first-order valence-corrected chi connectivity index (χ1v) is 4.69. The maximum Gasteiger partial charge on any atom is 0.418 e. The summed E-state index contributed by atoms with van der Waals surface area (Å²) in [5, 5.41) is 5.81. The van der Waals surface area contributed by atoms with Crippen LogP contribution in [0.1, 0.15) is 12.5 Å². The number of halogens is 3. The van der Waals surface area contributed by atoms with Gasteiger partial charge in [0.2, 0.25) is 0 Å². The van der Waals surface area contributed by atoms with Crippen molar-refractivity contribution in [1.29, 1.82) is 0 Å². The van der Waals surface area contributed by atoms with Gasteiger partial charge in [-0.05, 0) is 19.1 Å². The van der Waals surface area contributed by atoms with Crippen molar-refractivity contribution in [3.63, 3.8) is 0 Å². The molecule has 2 rings (SSSR count). The molecule has 1 aromatic carbocycles. The fourth-order valence-electron chi connectivity index (χ4n) is 1.65. The maximum absolute atomic E-state index is 12.6. The quantitative estimate of drug-likeness (QED) is 0.696. The number of benzene rings is 1. The van der Waals surface area contributed by atoms with Gasteiger partial charge in [-0.25, -0.2) is 0 Å². The average Bonchev–Trinajstić information content (AvgIpc) is 2.15. The van der Waals surface area contributed by atoms with Crippen molar-refractivity contribution in [3.05, 3.63) is 23.8 Å². The summed E-state index contributed by atoms with van der Waals surface area (Å²) >= 11 is 0. The number of fused-ring (bicyclic) bond motifs is 1. The average molecular weight is 216 g/mol. The molecule has 5 heteroatoms. The van der Waals surface area contributed by atoms with Gasteiger partial charge in [0.1, 0.15) is 0 Å². The molecule has 1 aliphatic rings. The summed E-state index contributed by atoms with van der Waals surface area (Å²) in [4.78, 5) is 0. The monoisotopic (exact) mass is 216 g/mol. The summed E-state index contributed by atoms with van der Waals surface area (Å²) in [6.45, 7) is 2.47. The fourth-order valence-corrected chi connectivity index (χ4v) is 1.65. The topological polar surface area (TPSA) is 24.1 Å². The molecule has 15 heavy (non-hydrogen) atoms. The number of anilines is 2. The third kappa shape index (κ3) is 1.86. The first kappa shape index (κ1) is 10.1. The summed E-state index contributed by atoms with van der Waals surface area (Å²) in [6.07, 6.45) is -4.31.